The molecular formula is C20H15Cl2NO2. The van der Waals surface area contributed by atoms with Gasteiger partial charge >= 0.3 is 5.97 Å². The second-order valence-corrected chi connectivity index (χ2v) is 6.98. The van der Waals surface area contributed by atoms with Crippen molar-refractivity contribution in [2.75, 3.05) is 7.11 Å². The SMILES string of the molecule is COC(=O)c1c(C2CC2)nc2cc(Cl)c(Cl)cc2c1-c1ccccc1. The van der Waals surface area contributed by atoms with E-state index in [2.05, 4.69) is 0 Å². The summed E-state index contributed by atoms with van der Waals surface area (Å²) in [5.74, 6) is -0.0864. The Labute approximate surface area is 155 Å². The van der Waals surface area contributed by atoms with E-state index in [0.29, 0.717) is 15.6 Å². The highest BCUT2D eigenvalue weighted by Crippen LogP contribution is 2.45. The van der Waals surface area contributed by atoms with Crippen LogP contribution in [-0.2, 0) is 4.74 Å². The maximum absolute atomic E-state index is 12.6. The number of esters is 1. The van der Waals surface area contributed by atoms with Crippen LogP contribution in [0.15, 0.2) is 42.5 Å². The smallest absolute Gasteiger partial charge is 0.340 e. The van der Waals surface area contributed by atoms with Crippen LogP contribution in [0.2, 0.25) is 10.0 Å². The molecule has 25 heavy (non-hydrogen) atoms. The molecule has 0 spiro atoms. The first-order valence-corrected chi connectivity index (χ1v) is 8.82. The van der Waals surface area contributed by atoms with Gasteiger partial charge < -0.3 is 4.74 Å². The van der Waals surface area contributed by atoms with E-state index >= 15 is 0 Å². The number of methoxy groups -OCH3 is 1. The van der Waals surface area contributed by atoms with Crippen LogP contribution in [0.4, 0.5) is 0 Å². The normalized spacial score (nSPS) is 13.9. The highest BCUT2D eigenvalue weighted by atomic mass is 35.5. The van der Waals surface area contributed by atoms with Crippen molar-refractivity contribution in [1.29, 1.82) is 0 Å². The number of carbonyl (C=O) groups excluding carboxylic acids is 1. The predicted molar refractivity (Wildman–Crippen MR) is 101 cm³/mol. The summed E-state index contributed by atoms with van der Waals surface area (Å²) in [5, 5.41) is 1.68. The molecule has 4 rings (SSSR count). The third kappa shape index (κ3) is 2.88. The lowest BCUT2D eigenvalue weighted by molar-refractivity contribution is 0.0600. The molecule has 0 amide bonds. The molecule has 1 aliphatic carbocycles. The number of hydrogen-bond donors (Lipinski definition) is 0. The Balaban J connectivity index is 2.16. The average molecular weight is 372 g/mol. The van der Waals surface area contributed by atoms with E-state index in [1.54, 1.807) is 12.1 Å². The van der Waals surface area contributed by atoms with Gasteiger partial charge in [0.25, 0.3) is 0 Å². The molecule has 0 bridgehead atoms. The van der Waals surface area contributed by atoms with Gasteiger partial charge in [-0.2, -0.15) is 0 Å². The first kappa shape index (κ1) is 16.4. The van der Waals surface area contributed by atoms with E-state index in [-0.39, 0.29) is 11.9 Å². The number of halogens is 2. The quantitative estimate of drug-likeness (QED) is 0.540. The Morgan fingerprint density at radius 2 is 1.80 bits per heavy atom. The zero-order chi connectivity index (χ0) is 17.6. The van der Waals surface area contributed by atoms with Crippen LogP contribution < -0.4 is 0 Å². The predicted octanol–water partition coefficient (Wildman–Crippen LogP) is 5.87. The van der Waals surface area contributed by atoms with Crippen molar-refractivity contribution in [2.45, 2.75) is 18.8 Å². The number of aromatic nitrogens is 1. The van der Waals surface area contributed by atoms with E-state index in [4.69, 9.17) is 32.9 Å². The summed E-state index contributed by atoms with van der Waals surface area (Å²) in [4.78, 5) is 17.4. The molecule has 0 atom stereocenters. The molecular weight excluding hydrogens is 357 g/mol. The molecule has 3 aromatic rings. The number of hydrogen-bond acceptors (Lipinski definition) is 3. The molecule has 1 aromatic heterocycles. The van der Waals surface area contributed by atoms with Gasteiger partial charge in [-0.3, -0.25) is 4.98 Å². The number of nitrogens with zero attached hydrogens (tertiary/aromatic N) is 1. The molecule has 0 N–H and O–H groups in total. The fourth-order valence-corrected chi connectivity index (χ4v) is 3.46. The number of fused-ring (bicyclic) bond motifs is 1. The zero-order valence-corrected chi connectivity index (χ0v) is 15.1. The van der Waals surface area contributed by atoms with Crippen LogP contribution in [0.1, 0.15) is 34.8 Å². The Bertz CT molecular complexity index is 982. The lowest BCUT2D eigenvalue weighted by atomic mass is 9.93. The van der Waals surface area contributed by atoms with Gasteiger partial charge in [-0.15, -0.1) is 0 Å². The van der Waals surface area contributed by atoms with Crippen LogP contribution in [0.3, 0.4) is 0 Å². The molecule has 1 saturated carbocycles. The third-order valence-corrected chi connectivity index (χ3v) is 5.19. The molecule has 0 saturated heterocycles. The molecule has 0 aliphatic heterocycles. The summed E-state index contributed by atoms with van der Waals surface area (Å²) in [5.41, 5.74) is 3.79. The Kier molecular flexibility index (Phi) is 4.14. The van der Waals surface area contributed by atoms with E-state index in [1.807, 2.05) is 30.3 Å². The number of carbonyl (C=O) groups is 1. The maximum atomic E-state index is 12.6. The van der Waals surface area contributed by atoms with Crippen molar-refractivity contribution in [3.63, 3.8) is 0 Å². The fourth-order valence-electron chi connectivity index (χ4n) is 3.14. The molecule has 5 heteroatoms. The van der Waals surface area contributed by atoms with Gasteiger partial charge in [0, 0.05) is 16.9 Å². The highest BCUT2D eigenvalue weighted by Gasteiger charge is 2.33. The zero-order valence-electron chi connectivity index (χ0n) is 13.6. The summed E-state index contributed by atoms with van der Waals surface area (Å²) in [6.45, 7) is 0. The van der Waals surface area contributed by atoms with E-state index in [9.17, 15) is 4.79 Å². The average Bonchev–Trinajstić information content (AvgIpc) is 3.46. The van der Waals surface area contributed by atoms with Gasteiger partial charge in [-0.1, -0.05) is 53.5 Å². The molecule has 3 nitrogen and oxygen atoms in total. The summed E-state index contributed by atoms with van der Waals surface area (Å²) in [6, 6.07) is 13.3. The van der Waals surface area contributed by atoms with Gasteiger partial charge in [0.2, 0.25) is 0 Å². The largest absolute Gasteiger partial charge is 0.465 e. The van der Waals surface area contributed by atoms with Crippen LogP contribution in [0.5, 0.6) is 0 Å². The second-order valence-electron chi connectivity index (χ2n) is 6.16. The van der Waals surface area contributed by atoms with Crippen molar-refractivity contribution >= 4 is 40.1 Å². The third-order valence-electron chi connectivity index (χ3n) is 4.47. The van der Waals surface area contributed by atoms with Gasteiger partial charge in [-0.05, 0) is 30.5 Å². The minimum absolute atomic E-state index is 0.287. The fraction of sp³-hybridized carbons (Fsp3) is 0.200. The molecule has 1 heterocycles. The molecule has 0 radical (unpaired) electrons. The van der Waals surface area contributed by atoms with Crippen LogP contribution in [0, 0.1) is 0 Å². The van der Waals surface area contributed by atoms with Gasteiger partial charge in [-0.25, -0.2) is 4.79 Å². The van der Waals surface area contributed by atoms with Crippen molar-refractivity contribution in [1.82, 2.24) is 4.98 Å². The number of pyridine rings is 1. The summed E-state index contributed by atoms with van der Waals surface area (Å²) in [7, 11) is 1.40. The molecule has 126 valence electrons. The number of rotatable bonds is 3. The Morgan fingerprint density at radius 3 is 2.44 bits per heavy atom. The minimum Gasteiger partial charge on any atom is -0.465 e. The van der Waals surface area contributed by atoms with Gasteiger partial charge in [0.05, 0.1) is 33.9 Å². The topological polar surface area (TPSA) is 39.2 Å². The molecule has 2 aromatic carbocycles. The molecule has 0 unspecified atom stereocenters. The highest BCUT2D eigenvalue weighted by molar-refractivity contribution is 6.43. The van der Waals surface area contributed by atoms with E-state index in [1.165, 1.54) is 7.11 Å². The lowest BCUT2D eigenvalue weighted by Gasteiger charge is -2.16. The van der Waals surface area contributed by atoms with Crippen LogP contribution in [-0.4, -0.2) is 18.1 Å². The van der Waals surface area contributed by atoms with Crippen molar-refractivity contribution in [2.24, 2.45) is 0 Å². The van der Waals surface area contributed by atoms with Crippen molar-refractivity contribution < 1.29 is 9.53 Å². The number of benzene rings is 2. The van der Waals surface area contributed by atoms with Crippen LogP contribution >= 0.6 is 23.2 Å². The second kappa shape index (κ2) is 6.32. The van der Waals surface area contributed by atoms with E-state index in [0.717, 1.165) is 40.6 Å². The van der Waals surface area contributed by atoms with Gasteiger partial charge in [0.1, 0.15) is 0 Å². The lowest BCUT2D eigenvalue weighted by Crippen LogP contribution is -2.10. The van der Waals surface area contributed by atoms with Crippen LogP contribution in [0.25, 0.3) is 22.0 Å². The summed E-state index contributed by atoms with van der Waals surface area (Å²) >= 11 is 12.5. The Morgan fingerprint density at radius 1 is 1.12 bits per heavy atom. The van der Waals surface area contributed by atoms with E-state index < -0.39 is 0 Å². The summed E-state index contributed by atoms with van der Waals surface area (Å²) in [6.07, 6.45) is 2.05. The van der Waals surface area contributed by atoms with Crippen molar-refractivity contribution in [3.05, 3.63) is 63.8 Å². The summed E-state index contributed by atoms with van der Waals surface area (Å²) < 4.78 is 5.08. The van der Waals surface area contributed by atoms with Gasteiger partial charge in [0.15, 0.2) is 0 Å². The molecule has 1 aliphatic rings. The molecule has 1 fully saturated rings. The standard InChI is InChI=1S/C20H15Cl2NO2/c1-25-20(24)18-17(11-5-3-2-4-6-11)13-9-14(21)15(22)10-16(13)23-19(18)12-7-8-12/h2-6,9-10,12H,7-8H2,1H3. The Hall–Kier alpha value is -2.10. The van der Waals surface area contributed by atoms with Crippen molar-refractivity contribution in [3.8, 4) is 11.1 Å². The number of ether oxygens (including phenoxy) is 1. The maximum Gasteiger partial charge on any atom is 0.340 e. The monoisotopic (exact) mass is 371 g/mol. The first-order valence-electron chi connectivity index (χ1n) is 8.06. The minimum atomic E-state index is -0.374. The first-order chi connectivity index (χ1) is 12.1.